The first kappa shape index (κ1) is 37.9. The standard InChI is InChI=1S/C33H65NO5/c1-4-5-6-7-8-9-10-11-12-13-14-15-16-17-18-19-20-21-22-23-29-39-33(36)25-27-34(32(2)35)26-24-28-38-31-30-37-3/h4-31H2,1-3H3. The van der Waals surface area contributed by atoms with Gasteiger partial charge in [0.05, 0.1) is 26.2 Å². The maximum absolute atomic E-state index is 12.0. The lowest BCUT2D eigenvalue weighted by atomic mass is 10.0. The topological polar surface area (TPSA) is 65.1 Å². The van der Waals surface area contributed by atoms with E-state index in [0.717, 1.165) is 19.3 Å². The fraction of sp³-hybridized carbons (Fsp3) is 0.939. The zero-order chi connectivity index (χ0) is 28.7. The zero-order valence-electron chi connectivity index (χ0n) is 26.3. The van der Waals surface area contributed by atoms with Gasteiger partial charge in [-0.3, -0.25) is 9.59 Å². The van der Waals surface area contributed by atoms with Crippen molar-refractivity contribution in [1.82, 2.24) is 4.90 Å². The molecule has 0 aliphatic heterocycles. The molecule has 0 unspecified atom stereocenters. The second kappa shape index (κ2) is 31.4. The van der Waals surface area contributed by atoms with Gasteiger partial charge in [-0.25, -0.2) is 0 Å². The van der Waals surface area contributed by atoms with E-state index >= 15 is 0 Å². The largest absolute Gasteiger partial charge is 0.466 e. The van der Waals surface area contributed by atoms with Crippen molar-refractivity contribution >= 4 is 11.9 Å². The fourth-order valence-corrected chi connectivity index (χ4v) is 4.87. The molecule has 0 aliphatic carbocycles. The quantitative estimate of drug-likeness (QED) is 0.0632. The fourth-order valence-electron chi connectivity index (χ4n) is 4.87. The first-order chi connectivity index (χ1) is 19.1. The number of esters is 1. The molecule has 0 heterocycles. The minimum absolute atomic E-state index is 0.0197. The zero-order valence-corrected chi connectivity index (χ0v) is 26.3. The second-order valence-corrected chi connectivity index (χ2v) is 11.2. The molecule has 0 radical (unpaired) electrons. The molecule has 39 heavy (non-hydrogen) atoms. The van der Waals surface area contributed by atoms with Crippen molar-refractivity contribution in [2.24, 2.45) is 0 Å². The van der Waals surface area contributed by atoms with Gasteiger partial charge in [0.2, 0.25) is 5.91 Å². The summed E-state index contributed by atoms with van der Waals surface area (Å²) < 4.78 is 15.7. The van der Waals surface area contributed by atoms with Crippen molar-refractivity contribution in [2.45, 2.75) is 155 Å². The Morgan fingerprint density at radius 1 is 0.538 bits per heavy atom. The normalized spacial score (nSPS) is 11.2. The number of carbonyl (C=O) groups excluding carboxylic acids is 2. The number of methoxy groups -OCH3 is 1. The highest BCUT2D eigenvalue weighted by molar-refractivity contribution is 5.75. The van der Waals surface area contributed by atoms with Crippen LogP contribution in [0.15, 0.2) is 0 Å². The molecule has 0 saturated heterocycles. The first-order valence-corrected chi connectivity index (χ1v) is 16.6. The van der Waals surface area contributed by atoms with Crippen LogP contribution >= 0.6 is 0 Å². The molecule has 0 rings (SSSR count). The third-order valence-electron chi connectivity index (χ3n) is 7.44. The second-order valence-electron chi connectivity index (χ2n) is 11.2. The van der Waals surface area contributed by atoms with Gasteiger partial charge in [-0.15, -0.1) is 0 Å². The molecule has 0 saturated carbocycles. The third-order valence-corrected chi connectivity index (χ3v) is 7.44. The van der Waals surface area contributed by atoms with Crippen LogP contribution in [0.3, 0.4) is 0 Å². The van der Waals surface area contributed by atoms with Crippen molar-refractivity contribution in [3.05, 3.63) is 0 Å². The molecule has 0 aliphatic rings. The lowest BCUT2D eigenvalue weighted by molar-refractivity contribution is -0.144. The Balaban J connectivity index is 3.38. The van der Waals surface area contributed by atoms with Crippen LogP contribution in [-0.2, 0) is 23.8 Å². The van der Waals surface area contributed by atoms with Crippen LogP contribution in [0.4, 0.5) is 0 Å². The van der Waals surface area contributed by atoms with E-state index in [-0.39, 0.29) is 18.3 Å². The Labute approximate surface area is 242 Å². The number of carbonyl (C=O) groups is 2. The van der Waals surface area contributed by atoms with Crippen LogP contribution in [0.5, 0.6) is 0 Å². The maximum Gasteiger partial charge on any atom is 0.307 e. The summed E-state index contributed by atoms with van der Waals surface area (Å²) in [4.78, 5) is 25.5. The van der Waals surface area contributed by atoms with Gasteiger partial charge >= 0.3 is 5.97 Å². The summed E-state index contributed by atoms with van der Waals surface area (Å²) in [5.41, 5.74) is 0. The minimum Gasteiger partial charge on any atom is -0.466 e. The minimum atomic E-state index is -0.213. The molecule has 232 valence electrons. The molecular formula is C33H65NO5. The van der Waals surface area contributed by atoms with Crippen molar-refractivity contribution in [1.29, 1.82) is 0 Å². The van der Waals surface area contributed by atoms with Gasteiger partial charge in [0, 0.05) is 33.7 Å². The molecule has 0 bridgehead atoms. The molecule has 0 N–H and O–H groups in total. The number of hydrogen-bond acceptors (Lipinski definition) is 5. The van der Waals surface area contributed by atoms with Crippen molar-refractivity contribution in [3.8, 4) is 0 Å². The van der Waals surface area contributed by atoms with E-state index in [1.54, 1.807) is 12.0 Å². The highest BCUT2D eigenvalue weighted by Gasteiger charge is 2.11. The number of unbranched alkanes of at least 4 members (excludes halogenated alkanes) is 19. The van der Waals surface area contributed by atoms with Gasteiger partial charge in [0.25, 0.3) is 0 Å². The Morgan fingerprint density at radius 3 is 1.44 bits per heavy atom. The van der Waals surface area contributed by atoms with E-state index in [1.807, 2.05) is 0 Å². The van der Waals surface area contributed by atoms with Gasteiger partial charge in [-0.2, -0.15) is 0 Å². The summed E-state index contributed by atoms with van der Waals surface area (Å²) in [5.74, 6) is -0.232. The molecule has 1 amide bonds. The van der Waals surface area contributed by atoms with Gasteiger partial charge in [-0.1, -0.05) is 129 Å². The smallest absolute Gasteiger partial charge is 0.307 e. The van der Waals surface area contributed by atoms with Crippen LogP contribution in [-0.4, -0.2) is 63.4 Å². The first-order valence-electron chi connectivity index (χ1n) is 16.6. The van der Waals surface area contributed by atoms with E-state index in [0.29, 0.717) is 39.5 Å². The van der Waals surface area contributed by atoms with Crippen LogP contribution < -0.4 is 0 Å². The molecule has 0 fully saturated rings. The molecule has 0 aromatic heterocycles. The van der Waals surface area contributed by atoms with Gasteiger partial charge in [0.1, 0.15) is 0 Å². The predicted molar refractivity (Wildman–Crippen MR) is 163 cm³/mol. The number of rotatable bonds is 31. The lowest BCUT2D eigenvalue weighted by Gasteiger charge is -2.20. The average Bonchev–Trinajstić information content (AvgIpc) is 2.92. The Kier molecular flexibility index (Phi) is 30.5. The van der Waals surface area contributed by atoms with Crippen molar-refractivity contribution < 1.29 is 23.8 Å². The van der Waals surface area contributed by atoms with E-state index in [1.165, 1.54) is 122 Å². The lowest BCUT2D eigenvalue weighted by Crippen LogP contribution is -2.32. The molecule has 0 spiro atoms. The number of hydrogen-bond donors (Lipinski definition) is 0. The van der Waals surface area contributed by atoms with E-state index in [4.69, 9.17) is 14.2 Å². The van der Waals surface area contributed by atoms with E-state index in [9.17, 15) is 9.59 Å². The van der Waals surface area contributed by atoms with Crippen LogP contribution in [0.25, 0.3) is 0 Å². The molecular weight excluding hydrogens is 490 g/mol. The average molecular weight is 556 g/mol. The summed E-state index contributed by atoms with van der Waals surface area (Å²) in [6, 6.07) is 0. The Bertz CT molecular complexity index is 528. The third kappa shape index (κ3) is 29.7. The highest BCUT2D eigenvalue weighted by atomic mass is 16.5. The van der Waals surface area contributed by atoms with Crippen LogP contribution in [0.1, 0.15) is 155 Å². The number of nitrogens with zero attached hydrogens (tertiary/aromatic N) is 1. The van der Waals surface area contributed by atoms with Gasteiger partial charge in [0.15, 0.2) is 0 Å². The Hall–Kier alpha value is -1.14. The monoisotopic (exact) mass is 555 g/mol. The number of amides is 1. The van der Waals surface area contributed by atoms with E-state index in [2.05, 4.69) is 6.92 Å². The summed E-state index contributed by atoms with van der Waals surface area (Å²) >= 11 is 0. The number of ether oxygens (including phenoxy) is 3. The van der Waals surface area contributed by atoms with Crippen LogP contribution in [0.2, 0.25) is 0 Å². The Morgan fingerprint density at radius 2 is 1.00 bits per heavy atom. The molecule has 6 heteroatoms. The molecule has 0 atom stereocenters. The molecule has 0 aromatic rings. The van der Waals surface area contributed by atoms with Gasteiger partial charge < -0.3 is 19.1 Å². The predicted octanol–water partition coefficient (Wildman–Crippen LogP) is 8.64. The van der Waals surface area contributed by atoms with Crippen LogP contribution in [0, 0.1) is 0 Å². The highest BCUT2D eigenvalue weighted by Crippen LogP contribution is 2.15. The van der Waals surface area contributed by atoms with Crippen molar-refractivity contribution in [3.63, 3.8) is 0 Å². The summed E-state index contributed by atoms with van der Waals surface area (Å²) in [6.07, 6.45) is 28.2. The molecule has 0 aromatic carbocycles. The summed E-state index contributed by atoms with van der Waals surface area (Å²) in [6.45, 7) is 7.03. The SMILES string of the molecule is CCCCCCCCCCCCCCCCCCCCCCOC(=O)CCN(CCCOCCOC)C(C)=O. The summed E-state index contributed by atoms with van der Waals surface area (Å²) in [7, 11) is 1.64. The summed E-state index contributed by atoms with van der Waals surface area (Å²) in [5, 5.41) is 0. The van der Waals surface area contributed by atoms with Crippen molar-refractivity contribution in [2.75, 3.05) is 46.6 Å². The van der Waals surface area contributed by atoms with Gasteiger partial charge in [-0.05, 0) is 12.8 Å². The van der Waals surface area contributed by atoms with E-state index < -0.39 is 0 Å². The molecule has 6 nitrogen and oxygen atoms in total. The maximum atomic E-state index is 12.0.